The molecule has 0 saturated carbocycles. The van der Waals surface area contributed by atoms with Gasteiger partial charge in [-0.25, -0.2) is 4.79 Å². The molecule has 0 amide bonds. The third kappa shape index (κ3) is 2.70. The molecule has 0 radical (unpaired) electrons. The molecule has 0 aliphatic heterocycles. The first-order chi connectivity index (χ1) is 9.08. The highest BCUT2D eigenvalue weighted by molar-refractivity contribution is 6.05. The number of carbonyl (C=O) groups is 2. The number of allylic oxidation sites excluding steroid dienone is 2. The van der Waals surface area contributed by atoms with E-state index in [1.807, 2.05) is 12.2 Å². The molecular weight excluding hydrogens is 240 g/mol. The van der Waals surface area contributed by atoms with Crippen LogP contribution in [0, 0.1) is 0 Å². The zero-order chi connectivity index (χ0) is 13.9. The molecule has 0 aromatic carbocycles. The standard InChI is InChI=1S/C16H20O3/c1-3-14(17)19-16(2,13-10-6-7-11-13)15(18)12-8-4-5-9-12/h3,8,10H,1,4-7,9,11H2,2H3. The van der Waals surface area contributed by atoms with Crippen LogP contribution in [0.3, 0.4) is 0 Å². The van der Waals surface area contributed by atoms with E-state index in [1.165, 1.54) is 0 Å². The van der Waals surface area contributed by atoms with Gasteiger partial charge in [-0.1, -0.05) is 18.7 Å². The number of carbonyl (C=O) groups excluding carboxylic acids is 2. The number of rotatable bonds is 5. The van der Waals surface area contributed by atoms with Gasteiger partial charge in [-0.05, 0) is 56.6 Å². The van der Waals surface area contributed by atoms with Gasteiger partial charge in [-0.2, -0.15) is 0 Å². The predicted molar refractivity (Wildman–Crippen MR) is 73.6 cm³/mol. The molecule has 0 fully saturated rings. The van der Waals surface area contributed by atoms with Gasteiger partial charge < -0.3 is 4.74 Å². The lowest BCUT2D eigenvalue weighted by Gasteiger charge is -2.29. The summed E-state index contributed by atoms with van der Waals surface area (Å²) in [5, 5.41) is 0. The molecule has 102 valence electrons. The van der Waals surface area contributed by atoms with Crippen molar-refractivity contribution in [2.45, 2.75) is 51.0 Å². The van der Waals surface area contributed by atoms with Gasteiger partial charge in [0.15, 0.2) is 5.60 Å². The molecule has 0 aromatic rings. The van der Waals surface area contributed by atoms with Crippen LogP contribution in [0.1, 0.15) is 45.4 Å². The van der Waals surface area contributed by atoms with Crippen LogP contribution < -0.4 is 0 Å². The molecule has 2 aliphatic carbocycles. The second-order valence-electron chi connectivity index (χ2n) is 5.23. The van der Waals surface area contributed by atoms with E-state index in [4.69, 9.17) is 4.74 Å². The van der Waals surface area contributed by atoms with Crippen LogP contribution >= 0.6 is 0 Å². The van der Waals surface area contributed by atoms with Crippen molar-refractivity contribution in [3.8, 4) is 0 Å². The number of hydrogen-bond donors (Lipinski definition) is 0. The Labute approximate surface area is 114 Å². The summed E-state index contributed by atoms with van der Waals surface area (Å²) in [4.78, 5) is 24.2. The number of hydrogen-bond acceptors (Lipinski definition) is 3. The Hall–Kier alpha value is -1.64. The molecule has 2 aliphatic rings. The predicted octanol–water partition coefficient (Wildman–Crippen LogP) is 3.26. The molecule has 0 spiro atoms. The van der Waals surface area contributed by atoms with Crippen molar-refractivity contribution in [1.29, 1.82) is 0 Å². The molecule has 0 N–H and O–H groups in total. The van der Waals surface area contributed by atoms with Crippen LogP contribution in [0.15, 0.2) is 36.0 Å². The lowest BCUT2D eigenvalue weighted by atomic mass is 9.86. The monoisotopic (exact) mass is 260 g/mol. The molecule has 1 unspecified atom stereocenters. The molecule has 0 saturated heterocycles. The molecule has 3 heteroatoms. The molecule has 3 nitrogen and oxygen atoms in total. The zero-order valence-corrected chi connectivity index (χ0v) is 11.4. The number of ether oxygens (including phenoxy) is 1. The topological polar surface area (TPSA) is 43.4 Å². The third-order valence-electron chi connectivity index (χ3n) is 3.89. The van der Waals surface area contributed by atoms with Gasteiger partial charge in [0.2, 0.25) is 5.78 Å². The summed E-state index contributed by atoms with van der Waals surface area (Å²) in [6.07, 6.45) is 10.6. The van der Waals surface area contributed by atoms with Gasteiger partial charge in [0.1, 0.15) is 0 Å². The molecule has 19 heavy (non-hydrogen) atoms. The summed E-state index contributed by atoms with van der Waals surface area (Å²) in [6.45, 7) is 5.12. The normalized spacial score (nSPS) is 21.3. The minimum absolute atomic E-state index is 0.0617. The number of esters is 1. The summed E-state index contributed by atoms with van der Waals surface area (Å²) in [5.74, 6) is -0.601. The average Bonchev–Trinajstić information content (AvgIpc) is 3.09. The third-order valence-corrected chi connectivity index (χ3v) is 3.89. The Morgan fingerprint density at radius 1 is 1.26 bits per heavy atom. The second kappa shape index (κ2) is 5.55. The van der Waals surface area contributed by atoms with Gasteiger partial charge >= 0.3 is 5.97 Å². The summed E-state index contributed by atoms with van der Waals surface area (Å²) in [5.41, 5.74) is 0.588. The van der Waals surface area contributed by atoms with Gasteiger partial charge in [-0.15, -0.1) is 0 Å². The van der Waals surface area contributed by atoms with Crippen LogP contribution in [0.25, 0.3) is 0 Å². The van der Waals surface area contributed by atoms with Crippen molar-refractivity contribution < 1.29 is 14.3 Å². The molecule has 1 atom stereocenters. The molecule has 0 bridgehead atoms. The highest BCUT2D eigenvalue weighted by atomic mass is 16.6. The van der Waals surface area contributed by atoms with E-state index >= 15 is 0 Å². The molecule has 0 aromatic heterocycles. The van der Waals surface area contributed by atoms with E-state index in [-0.39, 0.29) is 5.78 Å². The highest BCUT2D eigenvalue weighted by Gasteiger charge is 2.42. The second-order valence-corrected chi connectivity index (χ2v) is 5.23. The van der Waals surface area contributed by atoms with Crippen LogP contribution in [0.2, 0.25) is 0 Å². The average molecular weight is 260 g/mol. The van der Waals surface area contributed by atoms with Crippen molar-refractivity contribution in [3.05, 3.63) is 36.0 Å². The Kier molecular flexibility index (Phi) is 4.03. The van der Waals surface area contributed by atoms with E-state index < -0.39 is 11.6 Å². The minimum Gasteiger partial charge on any atom is -0.443 e. The van der Waals surface area contributed by atoms with Crippen LogP contribution in [0.4, 0.5) is 0 Å². The Morgan fingerprint density at radius 2 is 1.95 bits per heavy atom. The smallest absolute Gasteiger partial charge is 0.331 e. The quantitative estimate of drug-likeness (QED) is 0.433. The lowest BCUT2D eigenvalue weighted by Crippen LogP contribution is -2.42. The number of ketones is 1. The van der Waals surface area contributed by atoms with Gasteiger partial charge in [-0.3, -0.25) is 4.79 Å². The fourth-order valence-corrected chi connectivity index (χ4v) is 2.79. The fourth-order valence-electron chi connectivity index (χ4n) is 2.79. The maximum Gasteiger partial charge on any atom is 0.331 e. The zero-order valence-electron chi connectivity index (χ0n) is 11.4. The number of Topliss-reactive ketones (excluding diaryl/α,β-unsaturated/α-hetero) is 1. The van der Waals surface area contributed by atoms with E-state index in [2.05, 4.69) is 6.58 Å². The van der Waals surface area contributed by atoms with Crippen molar-refractivity contribution in [3.63, 3.8) is 0 Å². The molecular formula is C16H20O3. The Bertz CT molecular complexity index is 470. The van der Waals surface area contributed by atoms with E-state index in [1.54, 1.807) is 6.92 Å². The summed E-state index contributed by atoms with van der Waals surface area (Å²) < 4.78 is 5.43. The largest absolute Gasteiger partial charge is 0.443 e. The van der Waals surface area contributed by atoms with E-state index in [0.29, 0.717) is 0 Å². The van der Waals surface area contributed by atoms with Crippen molar-refractivity contribution in [2.75, 3.05) is 0 Å². The van der Waals surface area contributed by atoms with Crippen molar-refractivity contribution in [1.82, 2.24) is 0 Å². The Morgan fingerprint density at radius 3 is 2.47 bits per heavy atom. The molecule has 2 rings (SSSR count). The maximum atomic E-state index is 12.7. The van der Waals surface area contributed by atoms with Gasteiger partial charge in [0.25, 0.3) is 0 Å². The first kappa shape index (κ1) is 13.8. The maximum absolute atomic E-state index is 12.7. The molecule has 0 heterocycles. The summed E-state index contributed by atoms with van der Waals surface area (Å²) in [6, 6.07) is 0. The lowest BCUT2D eigenvalue weighted by molar-refractivity contribution is -0.155. The van der Waals surface area contributed by atoms with E-state index in [9.17, 15) is 9.59 Å². The Balaban J connectivity index is 2.29. The SMILES string of the molecule is C=CC(=O)OC(C)(C(=O)C1=CCCC1)C1=CCCC1. The van der Waals surface area contributed by atoms with Crippen LogP contribution in [0.5, 0.6) is 0 Å². The van der Waals surface area contributed by atoms with Gasteiger partial charge in [0, 0.05) is 6.08 Å². The first-order valence-electron chi connectivity index (χ1n) is 6.86. The van der Waals surface area contributed by atoms with Crippen molar-refractivity contribution in [2.24, 2.45) is 0 Å². The first-order valence-corrected chi connectivity index (χ1v) is 6.86. The van der Waals surface area contributed by atoms with E-state index in [0.717, 1.165) is 55.7 Å². The summed E-state index contributed by atoms with van der Waals surface area (Å²) >= 11 is 0. The van der Waals surface area contributed by atoms with Crippen LogP contribution in [-0.4, -0.2) is 17.4 Å². The van der Waals surface area contributed by atoms with Crippen molar-refractivity contribution >= 4 is 11.8 Å². The minimum atomic E-state index is -1.14. The van der Waals surface area contributed by atoms with Gasteiger partial charge in [0.05, 0.1) is 0 Å². The van der Waals surface area contributed by atoms with Crippen LogP contribution in [-0.2, 0) is 14.3 Å². The fraction of sp³-hybridized carbons (Fsp3) is 0.500. The highest BCUT2D eigenvalue weighted by Crippen LogP contribution is 2.36. The summed E-state index contributed by atoms with van der Waals surface area (Å²) in [7, 11) is 0.